The van der Waals surface area contributed by atoms with Gasteiger partial charge in [-0.3, -0.25) is 9.59 Å². The summed E-state index contributed by atoms with van der Waals surface area (Å²) in [6.07, 6.45) is 1.81. The molecule has 0 unspecified atom stereocenters. The fourth-order valence-corrected chi connectivity index (χ4v) is 1.89. The molecule has 17 heavy (non-hydrogen) atoms. The topological polar surface area (TPSA) is 87.2 Å². The van der Waals surface area contributed by atoms with Crippen LogP contribution in [-0.4, -0.2) is 29.8 Å². The summed E-state index contributed by atoms with van der Waals surface area (Å²) in [4.78, 5) is 24.8. The van der Waals surface area contributed by atoms with Gasteiger partial charge in [0.05, 0.1) is 17.4 Å². The van der Waals surface area contributed by atoms with Crippen LogP contribution in [0, 0.1) is 22.7 Å². The molecule has 1 heterocycles. The van der Waals surface area contributed by atoms with E-state index in [0.29, 0.717) is 13.1 Å². The number of likely N-dealkylation sites (tertiary alicyclic amines) is 1. The number of carbonyl (C=O) groups excluding carboxylic acids is 2. The Kier molecular flexibility index (Phi) is 4.11. The Balaban J connectivity index is 2.59. The van der Waals surface area contributed by atoms with Gasteiger partial charge in [0, 0.05) is 19.5 Å². The quantitative estimate of drug-likeness (QED) is 0.781. The van der Waals surface area contributed by atoms with Crippen LogP contribution in [0.2, 0.25) is 0 Å². The van der Waals surface area contributed by atoms with E-state index in [1.54, 1.807) is 18.7 Å². The number of piperidine rings is 1. The molecule has 1 rings (SSSR count). The Bertz CT molecular complexity index is 357. The van der Waals surface area contributed by atoms with E-state index in [4.69, 9.17) is 11.0 Å². The number of nitrogens with two attached hydrogens (primary N) is 1. The van der Waals surface area contributed by atoms with Gasteiger partial charge < -0.3 is 10.6 Å². The lowest BCUT2D eigenvalue weighted by Crippen LogP contribution is -2.43. The van der Waals surface area contributed by atoms with Crippen molar-refractivity contribution in [1.82, 2.24) is 4.90 Å². The summed E-state index contributed by atoms with van der Waals surface area (Å²) in [5.41, 5.74) is 4.42. The summed E-state index contributed by atoms with van der Waals surface area (Å²) in [6, 6.07) is 2.19. The van der Waals surface area contributed by atoms with Gasteiger partial charge in [0.25, 0.3) is 0 Å². The zero-order valence-electron chi connectivity index (χ0n) is 10.4. The lowest BCUT2D eigenvalue weighted by Gasteiger charge is -2.32. The first kappa shape index (κ1) is 13.5. The third kappa shape index (κ3) is 3.45. The number of nitriles is 1. The highest BCUT2D eigenvalue weighted by atomic mass is 16.2. The van der Waals surface area contributed by atoms with Gasteiger partial charge in [-0.1, -0.05) is 13.8 Å². The van der Waals surface area contributed by atoms with Crippen molar-refractivity contribution in [2.75, 3.05) is 13.1 Å². The maximum absolute atomic E-state index is 12.0. The Hall–Kier alpha value is -1.57. The van der Waals surface area contributed by atoms with Crippen molar-refractivity contribution >= 4 is 11.8 Å². The third-order valence-corrected chi connectivity index (χ3v) is 3.22. The molecule has 1 aliphatic heterocycles. The molecule has 1 atom stereocenters. The predicted octanol–water partition coefficient (Wildman–Crippen LogP) is 0.650. The monoisotopic (exact) mass is 237 g/mol. The van der Waals surface area contributed by atoms with Gasteiger partial charge in [0.1, 0.15) is 0 Å². The van der Waals surface area contributed by atoms with Crippen molar-refractivity contribution in [1.29, 1.82) is 5.26 Å². The van der Waals surface area contributed by atoms with Crippen LogP contribution in [0.5, 0.6) is 0 Å². The second kappa shape index (κ2) is 5.17. The zero-order chi connectivity index (χ0) is 13.1. The summed E-state index contributed by atoms with van der Waals surface area (Å²) in [6.45, 7) is 4.48. The Morgan fingerprint density at radius 2 is 2.18 bits per heavy atom. The summed E-state index contributed by atoms with van der Waals surface area (Å²) in [5, 5.41) is 8.85. The summed E-state index contributed by atoms with van der Waals surface area (Å²) in [7, 11) is 0. The normalized spacial score (nSPS) is 20.8. The maximum atomic E-state index is 12.0. The van der Waals surface area contributed by atoms with Gasteiger partial charge in [0.2, 0.25) is 11.8 Å². The van der Waals surface area contributed by atoms with Gasteiger partial charge >= 0.3 is 0 Å². The van der Waals surface area contributed by atoms with E-state index in [2.05, 4.69) is 6.07 Å². The van der Waals surface area contributed by atoms with E-state index < -0.39 is 11.3 Å². The summed E-state index contributed by atoms with van der Waals surface area (Å²) >= 11 is 0. The lowest BCUT2D eigenvalue weighted by atomic mass is 9.87. The second-order valence-corrected chi connectivity index (χ2v) is 5.23. The van der Waals surface area contributed by atoms with Crippen LogP contribution in [0.15, 0.2) is 0 Å². The Morgan fingerprint density at radius 1 is 1.53 bits per heavy atom. The molecule has 1 fully saturated rings. The van der Waals surface area contributed by atoms with Gasteiger partial charge in [-0.2, -0.15) is 5.26 Å². The number of hydrogen-bond donors (Lipinski definition) is 1. The highest BCUT2D eigenvalue weighted by Gasteiger charge is 2.32. The second-order valence-electron chi connectivity index (χ2n) is 5.23. The molecule has 0 aromatic heterocycles. The molecule has 0 spiro atoms. The predicted molar refractivity (Wildman–Crippen MR) is 62.5 cm³/mol. The molecule has 5 nitrogen and oxygen atoms in total. The van der Waals surface area contributed by atoms with E-state index in [-0.39, 0.29) is 18.2 Å². The van der Waals surface area contributed by atoms with E-state index in [9.17, 15) is 9.59 Å². The van der Waals surface area contributed by atoms with Crippen LogP contribution in [0.25, 0.3) is 0 Å². The lowest BCUT2D eigenvalue weighted by molar-refractivity contribution is -0.139. The van der Waals surface area contributed by atoms with Gasteiger partial charge in [-0.15, -0.1) is 0 Å². The standard InChI is InChI=1S/C12H19N3O2/c1-12(2,11(14)17)6-10(16)15-5-3-4-9(7-13)8-15/h9H,3-6,8H2,1-2H3,(H2,14,17)/t9-/m1/s1. The third-order valence-electron chi connectivity index (χ3n) is 3.22. The molecule has 0 saturated carbocycles. The number of primary amides is 1. The van der Waals surface area contributed by atoms with Crippen LogP contribution >= 0.6 is 0 Å². The van der Waals surface area contributed by atoms with Crippen molar-refractivity contribution in [2.24, 2.45) is 17.1 Å². The van der Waals surface area contributed by atoms with Crippen molar-refractivity contribution in [3.8, 4) is 6.07 Å². The molecule has 1 saturated heterocycles. The largest absolute Gasteiger partial charge is 0.369 e. The average molecular weight is 237 g/mol. The van der Waals surface area contributed by atoms with Crippen molar-refractivity contribution < 1.29 is 9.59 Å². The molecular formula is C12H19N3O2. The molecule has 0 radical (unpaired) electrons. The summed E-state index contributed by atoms with van der Waals surface area (Å²) in [5.74, 6) is -0.641. The van der Waals surface area contributed by atoms with Gasteiger partial charge in [-0.25, -0.2) is 0 Å². The average Bonchev–Trinajstić information content (AvgIpc) is 2.28. The first-order valence-electron chi connectivity index (χ1n) is 5.84. The summed E-state index contributed by atoms with van der Waals surface area (Å²) < 4.78 is 0. The molecule has 0 aromatic carbocycles. The fourth-order valence-electron chi connectivity index (χ4n) is 1.89. The van der Waals surface area contributed by atoms with E-state index in [0.717, 1.165) is 12.8 Å². The van der Waals surface area contributed by atoms with Crippen LogP contribution in [0.1, 0.15) is 33.1 Å². The van der Waals surface area contributed by atoms with Crippen molar-refractivity contribution in [3.05, 3.63) is 0 Å². The van der Waals surface area contributed by atoms with E-state index in [1.165, 1.54) is 0 Å². The van der Waals surface area contributed by atoms with Crippen molar-refractivity contribution in [2.45, 2.75) is 33.1 Å². The molecular weight excluding hydrogens is 218 g/mol. The SMILES string of the molecule is CC(C)(CC(=O)N1CCC[C@H](C#N)C1)C(N)=O. The fraction of sp³-hybridized carbons (Fsp3) is 0.750. The molecule has 0 aliphatic carbocycles. The first-order chi connectivity index (χ1) is 7.86. The van der Waals surface area contributed by atoms with Crippen LogP contribution in [0.4, 0.5) is 0 Å². The maximum Gasteiger partial charge on any atom is 0.223 e. The Labute approximate surface area is 102 Å². The van der Waals surface area contributed by atoms with Crippen molar-refractivity contribution in [3.63, 3.8) is 0 Å². The minimum atomic E-state index is -0.823. The minimum absolute atomic E-state index is 0.0793. The smallest absolute Gasteiger partial charge is 0.223 e. The zero-order valence-corrected chi connectivity index (χ0v) is 10.4. The van der Waals surface area contributed by atoms with Gasteiger partial charge in [0.15, 0.2) is 0 Å². The van der Waals surface area contributed by atoms with Crippen LogP contribution in [-0.2, 0) is 9.59 Å². The van der Waals surface area contributed by atoms with E-state index in [1.807, 2.05) is 0 Å². The molecule has 0 bridgehead atoms. The first-order valence-corrected chi connectivity index (χ1v) is 5.84. The number of amides is 2. The molecule has 2 amide bonds. The van der Waals surface area contributed by atoms with E-state index >= 15 is 0 Å². The number of hydrogen-bond acceptors (Lipinski definition) is 3. The molecule has 2 N–H and O–H groups in total. The number of rotatable bonds is 3. The Morgan fingerprint density at radius 3 is 2.71 bits per heavy atom. The minimum Gasteiger partial charge on any atom is -0.369 e. The molecule has 0 aromatic rings. The highest BCUT2D eigenvalue weighted by molar-refractivity contribution is 5.87. The molecule has 5 heteroatoms. The molecule has 94 valence electrons. The number of carbonyl (C=O) groups is 2. The highest BCUT2D eigenvalue weighted by Crippen LogP contribution is 2.23. The molecule has 1 aliphatic rings. The number of nitrogens with zero attached hydrogens (tertiary/aromatic N) is 2. The van der Waals surface area contributed by atoms with Crippen LogP contribution < -0.4 is 5.73 Å². The van der Waals surface area contributed by atoms with Gasteiger partial charge in [-0.05, 0) is 12.8 Å². The van der Waals surface area contributed by atoms with Crippen LogP contribution in [0.3, 0.4) is 0 Å².